The standard InChI is InChI=1S/C19H32N6O/c1-6-16(7-2)18-12-17(26-24-18)13-22-19(20-5)21-9-8-10-25-15(4)11-14(3)23-25/h11-12,16H,6-10,13H2,1-5H3,(H2,20,21,22). The SMILES string of the molecule is CCC(CC)c1cc(CNC(=NC)NCCCn2nc(C)cc2C)on1. The molecule has 0 amide bonds. The van der Waals surface area contributed by atoms with Crippen LogP contribution in [0.5, 0.6) is 0 Å². The third-order valence-corrected chi connectivity index (χ3v) is 4.58. The number of nitrogens with zero attached hydrogens (tertiary/aromatic N) is 4. The first-order chi connectivity index (χ1) is 12.6. The fourth-order valence-electron chi connectivity index (χ4n) is 3.04. The van der Waals surface area contributed by atoms with Crippen LogP contribution in [0.2, 0.25) is 0 Å². The summed E-state index contributed by atoms with van der Waals surface area (Å²) in [5.41, 5.74) is 3.30. The summed E-state index contributed by atoms with van der Waals surface area (Å²) in [7, 11) is 1.77. The van der Waals surface area contributed by atoms with E-state index < -0.39 is 0 Å². The summed E-state index contributed by atoms with van der Waals surface area (Å²) >= 11 is 0. The fourth-order valence-corrected chi connectivity index (χ4v) is 3.04. The van der Waals surface area contributed by atoms with Gasteiger partial charge in [0, 0.05) is 37.8 Å². The highest BCUT2D eigenvalue weighted by atomic mass is 16.5. The van der Waals surface area contributed by atoms with Crippen molar-refractivity contribution in [1.29, 1.82) is 0 Å². The van der Waals surface area contributed by atoms with E-state index in [1.807, 2.05) is 17.7 Å². The Balaban J connectivity index is 1.73. The number of hydrogen-bond donors (Lipinski definition) is 2. The first kappa shape index (κ1) is 20.0. The molecule has 0 atom stereocenters. The van der Waals surface area contributed by atoms with E-state index in [9.17, 15) is 0 Å². The summed E-state index contributed by atoms with van der Waals surface area (Å²) in [6, 6.07) is 4.14. The molecule has 7 nitrogen and oxygen atoms in total. The Morgan fingerprint density at radius 1 is 1.23 bits per heavy atom. The molecule has 0 aliphatic carbocycles. The van der Waals surface area contributed by atoms with Crippen molar-refractivity contribution in [2.24, 2.45) is 4.99 Å². The van der Waals surface area contributed by atoms with Gasteiger partial charge in [-0.1, -0.05) is 19.0 Å². The normalized spacial score (nSPS) is 12.0. The van der Waals surface area contributed by atoms with Gasteiger partial charge in [0.15, 0.2) is 11.7 Å². The van der Waals surface area contributed by atoms with Gasteiger partial charge in [0.1, 0.15) is 0 Å². The number of hydrogen-bond acceptors (Lipinski definition) is 4. The highest BCUT2D eigenvalue weighted by Crippen LogP contribution is 2.22. The molecule has 0 spiro atoms. The minimum atomic E-state index is 0.472. The zero-order valence-electron chi connectivity index (χ0n) is 16.7. The van der Waals surface area contributed by atoms with Gasteiger partial charge >= 0.3 is 0 Å². The average Bonchev–Trinajstić information content (AvgIpc) is 3.22. The van der Waals surface area contributed by atoms with Crippen molar-refractivity contribution in [2.75, 3.05) is 13.6 Å². The maximum Gasteiger partial charge on any atom is 0.191 e. The second kappa shape index (κ2) is 9.99. The molecule has 0 aliphatic rings. The molecule has 0 saturated heterocycles. The van der Waals surface area contributed by atoms with E-state index in [1.54, 1.807) is 7.05 Å². The molecular formula is C19H32N6O. The Morgan fingerprint density at radius 3 is 2.62 bits per heavy atom. The molecule has 2 heterocycles. The molecule has 144 valence electrons. The van der Waals surface area contributed by atoms with Crippen molar-refractivity contribution in [2.45, 2.75) is 66.0 Å². The Hall–Kier alpha value is -2.31. The van der Waals surface area contributed by atoms with Crippen LogP contribution in [0.4, 0.5) is 0 Å². The van der Waals surface area contributed by atoms with Crippen molar-refractivity contribution < 1.29 is 4.52 Å². The molecule has 2 N–H and O–H groups in total. The molecule has 2 aromatic rings. The van der Waals surface area contributed by atoms with Gasteiger partial charge in [-0.05, 0) is 39.2 Å². The second-order valence-electron chi connectivity index (χ2n) is 6.59. The maximum absolute atomic E-state index is 5.44. The van der Waals surface area contributed by atoms with Crippen LogP contribution < -0.4 is 10.6 Å². The molecule has 26 heavy (non-hydrogen) atoms. The van der Waals surface area contributed by atoms with Crippen molar-refractivity contribution in [3.05, 3.63) is 35.0 Å². The summed E-state index contributed by atoms with van der Waals surface area (Å²) in [4.78, 5) is 4.25. The Labute approximate surface area is 156 Å². The van der Waals surface area contributed by atoms with Gasteiger partial charge < -0.3 is 15.2 Å². The van der Waals surface area contributed by atoms with Crippen molar-refractivity contribution in [3.63, 3.8) is 0 Å². The summed E-state index contributed by atoms with van der Waals surface area (Å²) in [5.74, 6) is 2.07. The number of aryl methyl sites for hydroxylation is 3. The number of nitrogens with one attached hydrogen (secondary N) is 2. The van der Waals surface area contributed by atoms with Crippen molar-refractivity contribution in [3.8, 4) is 0 Å². The van der Waals surface area contributed by atoms with Crippen LogP contribution in [0.25, 0.3) is 0 Å². The molecule has 2 rings (SSSR count). The van der Waals surface area contributed by atoms with Gasteiger partial charge in [-0.25, -0.2) is 0 Å². The lowest BCUT2D eigenvalue weighted by atomic mass is 9.99. The highest BCUT2D eigenvalue weighted by molar-refractivity contribution is 5.79. The third kappa shape index (κ3) is 5.61. The first-order valence-electron chi connectivity index (χ1n) is 9.48. The van der Waals surface area contributed by atoms with E-state index in [1.165, 1.54) is 5.69 Å². The molecule has 0 aliphatic heterocycles. The monoisotopic (exact) mass is 360 g/mol. The summed E-state index contributed by atoms with van der Waals surface area (Å²) in [6.45, 7) is 10.8. The van der Waals surface area contributed by atoms with Crippen molar-refractivity contribution in [1.82, 2.24) is 25.6 Å². The largest absolute Gasteiger partial charge is 0.359 e. The Kier molecular flexibility index (Phi) is 7.69. The van der Waals surface area contributed by atoms with Gasteiger partial charge in [0.2, 0.25) is 0 Å². The lowest BCUT2D eigenvalue weighted by molar-refractivity contribution is 0.368. The first-order valence-corrected chi connectivity index (χ1v) is 9.48. The molecular weight excluding hydrogens is 328 g/mol. The minimum Gasteiger partial charge on any atom is -0.359 e. The molecule has 0 bridgehead atoms. The quantitative estimate of drug-likeness (QED) is 0.408. The zero-order chi connectivity index (χ0) is 18.9. The average molecular weight is 361 g/mol. The van der Waals surface area contributed by atoms with Gasteiger partial charge in [-0.2, -0.15) is 5.10 Å². The predicted octanol–water partition coefficient (Wildman–Crippen LogP) is 3.15. The number of rotatable bonds is 9. The number of guanidine groups is 1. The van der Waals surface area contributed by atoms with Gasteiger partial charge in [-0.15, -0.1) is 0 Å². The van der Waals surface area contributed by atoms with Gasteiger partial charge in [0.25, 0.3) is 0 Å². The Morgan fingerprint density at radius 2 is 2.00 bits per heavy atom. The van der Waals surface area contributed by atoms with Crippen LogP contribution in [0.15, 0.2) is 21.6 Å². The minimum absolute atomic E-state index is 0.472. The summed E-state index contributed by atoms with van der Waals surface area (Å²) in [5, 5.41) is 15.3. The predicted molar refractivity (Wildman–Crippen MR) is 104 cm³/mol. The van der Waals surface area contributed by atoms with Crippen LogP contribution in [0, 0.1) is 13.8 Å². The van der Waals surface area contributed by atoms with E-state index in [0.717, 1.165) is 55.5 Å². The molecule has 2 aromatic heterocycles. The van der Waals surface area contributed by atoms with Gasteiger partial charge in [0.05, 0.1) is 17.9 Å². The molecule has 0 unspecified atom stereocenters. The van der Waals surface area contributed by atoms with E-state index in [0.29, 0.717) is 12.5 Å². The molecule has 0 radical (unpaired) electrons. The van der Waals surface area contributed by atoms with Crippen molar-refractivity contribution >= 4 is 5.96 Å². The zero-order valence-corrected chi connectivity index (χ0v) is 16.7. The van der Waals surface area contributed by atoms with E-state index in [2.05, 4.69) is 52.7 Å². The van der Waals surface area contributed by atoms with E-state index in [-0.39, 0.29) is 0 Å². The maximum atomic E-state index is 5.44. The van der Waals surface area contributed by atoms with E-state index in [4.69, 9.17) is 4.52 Å². The van der Waals surface area contributed by atoms with Crippen LogP contribution in [0.1, 0.15) is 61.9 Å². The van der Waals surface area contributed by atoms with Crippen LogP contribution >= 0.6 is 0 Å². The topological polar surface area (TPSA) is 80.3 Å². The number of aliphatic imine (C=N–C) groups is 1. The van der Waals surface area contributed by atoms with Crippen LogP contribution in [0.3, 0.4) is 0 Å². The van der Waals surface area contributed by atoms with Gasteiger partial charge in [-0.3, -0.25) is 9.67 Å². The lowest BCUT2D eigenvalue weighted by Gasteiger charge is -2.11. The summed E-state index contributed by atoms with van der Waals surface area (Å²) in [6.07, 6.45) is 3.13. The van der Waals surface area contributed by atoms with E-state index >= 15 is 0 Å². The molecule has 7 heteroatoms. The van der Waals surface area contributed by atoms with Crippen LogP contribution in [-0.4, -0.2) is 34.5 Å². The Bertz CT molecular complexity index is 699. The smallest absolute Gasteiger partial charge is 0.191 e. The fraction of sp³-hybridized carbons (Fsp3) is 0.632. The van der Waals surface area contributed by atoms with Crippen LogP contribution in [-0.2, 0) is 13.1 Å². The lowest BCUT2D eigenvalue weighted by Crippen LogP contribution is -2.37. The molecule has 0 saturated carbocycles. The summed E-state index contributed by atoms with van der Waals surface area (Å²) < 4.78 is 7.48. The molecule has 0 aromatic carbocycles. The molecule has 0 fully saturated rings. The number of aromatic nitrogens is 3. The third-order valence-electron chi connectivity index (χ3n) is 4.58. The highest BCUT2D eigenvalue weighted by Gasteiger charge is 2.13. The second-order valence-corrected chi connectivity index (χ2v) is 6.59.